The van der Waals surface area contributed by atoms with Gasteiger partial charge < -0.3 is 28.5 Å². The Morgan fingerprint density at radius 1 is 0.462 bits per heavy atom. The Hall–Kier alpha value is -3.59. The second-order valence-corrected chi connectivity index (χ2v) is 23.2. The first-order valence-electron chi connectivity index (χ1n) is 31.3. The quantitative estimate of drug-likeness (QED) is 0.0212. The molecule has 0 saturated carbocycles. The Balaban J connectivity index is 5.22. The minimum absolute atomic E-state index is 0.0342. The van der Waals surface area contributed by atoms with E-state index in [1.807, 2.05) is 33.3 Å². The van der Waals surface area contributed by atoms with Crippen molar-refractivity contribution in [3.63, 3.8) is 0 Å². The first-order valence-corrected chi connectivity index (χ1v) is 32.8. The Morgan fingerprint density at radius 3 is 1.23 bits per heavy atom. The first-order chi connectivity index (χ1) is 37.9. The lowest BCUT2D eigenvalue weighted by molar-refractivity contribution is -0.870. The molecule has 0 fully saturated rings. The molecule has 0 aromatic carbocycles. The van der Waals surface area contributed by atoms with E-state index in [2.05, 4.69) is 135 Å². The Kier molecular flexibility index (Phi) is 54.1. The van der Waals surface area contributed by atoms with Crippen LogP contribution < -0.4 is 10.2 Å². The molecule has 1 amide bonds. The monoisotopic (exact) mass is 1100 g/mol. The highest BCUT2D eigenvalue weighted by molar-refractivity contribution is 7.45. The number of nitrogens with zero attached hydrogens (tertiary/aromatic N) is 1. The zero-order chi connectivity index (χ0) is 57.2. The molecule has 0 spiro atoms. The van der Waals surface area contributed by atoms with E-state index in [1.54, 1.807) is 0 Å². The van der Waals surface area contributed by atoms with E-state index in [4.69, 9.17) is 13.8 Å². The molecule has 9 nitrogen and oxygen atoms in total. The normalized spacial score (nSPS) is 14.5. The summed E-state index contributed by atoms with van der Waals surface area (Å²) in [6, 6.07) is -0.910. The number of carbonyl (C=O) groups excluding carboxylic acids is 2. The fraction of sp³-hybridized carbons (Fsp3) is 0.676. The van der Waals surface area contributed by atoms with Crippen molar-refractivity contribution in [2.24, 2.45) is 0 Å². The van der Waals surface area contributed by atoms with E-state index in [9.17, 15) is 19.0 Å². The van der Waals surface area contributed by atoms with Gasteiger partial charge in [-0.05, 0) is 115 Å². The van der Waals surface area contributed by atoms with Gasteiger partial charge in [0.15, 0.2) is 0 Å². The van der Waals surface area contributed by atoms with Gasteiger partial charge in [-0.3, -0.25) is 14.2 Å². The Morgan fingerprint density at radius 2 is 0.821 bits per heavy atom. The van der Waals surface area contributed by atoms with E-state index < -0.39 is 26.6 Å². The van der Waals surface area contributed by atoms with Crippen LogP contribution in [0.1, 0.15) is 245 Å². The van der Waals surface area contributed by atoms with Crippen LogP contribution in [0, 0.1) is 0 Å². The molecule has 78 heavy (non-hydrogen) atoms. The molecular weight excluding hydrogens is 988 g/mol. The van der Waals surface area contributed by atoms with Crippen LogP contribution in [0.2, 0.25) is 0 Å². The third kappa shape index (κ3) is 57.1. The lowest BCUT2D eigenvalue weighted by Gasteiger charge is -2.30. The SMILES string of the molecule is CC/C=C\C/C=C\C/C=C\C/C=C\C/C=C\C/C=C\CCCCCCCCC(=O)OC(/C=C\CCCCCCCCCCC)C(COP(=O)([O-])OCC[N+](C)(C)C)NC(=O)CCCCCCCC/C=C/C/C=C/C/C=C/CC. The van der Waals surface area contributed by atoms with Crippen molar-refractivity contribution in [3.8, 4) is 0 Å². The zero-order valence-corrected chi connectivity index (χ0v) is 51.7. The fourth-order valence-electron chi connectivity index (χ4n) is 8.36. The molecule has 0 aromatic rings. The number of carbonyl (C=O) groups is 2. The molecule has 0 aromatic heterocycles. The number of quaternary nitrogens is 1. The number of amides is 1. The maximum atomic E-state index is 13.5. The number of unbranched alkanes of at least 4 members (excludes halogenated alkanes) is 21. The summed E-state index contributed by atoms with van der Waals surface area (Å²) in [4.78, 5) is 40.0. The van der Waals surface area contributed by atoms with Crippen LogP contribution in [0.5, 0.6) is 0 Å². The van der Waals surface area contributed by atoms with Crippen LogP contribution in [0.15, 0.2) is 122 Å². The largest absolute Gasteiger partial charge is 0.756 e. The van der Waals surface area contributed by atoms with E-state index in [1.165, 1.54) is 44.9 Å². The summed E-state index contributed by atoms with van der Waals surface area (Å²) in [6.07, 6.45) is 78.8. The van der Waals surface area contributed by atoms with Crippen molar-refractivity contribution < 1.29 is 37.3 Å². The Bertz CT molecular complexity index is 1750. The summed E-state index contributed by atoms with van der Waals surface area (Å²) < 4.78 is 30.3. The number of phosphoric acid groups is 1. The third-order valence-electron chi connectivity index (χ3n) is 13.1. The van der Waals surface area contributed by atoms with Gasteiger partial charge in [-0.15, -0.1) is 0 Å². The average molecular weight is 1110 g/mol. The molecule has 0 aliphatic heterocycles. The predicted octanol–water partition coefficient (Wildman–Crippen LogP) is 18.9. The summed E-state index contributed by atoms with van der Waals surface area (Å²) in [7, 11) is 1.15. The van der Waals surface area contributed by atoms with Crippen molar-refractivity contribution in [1.82, 2.24) is 5.32 Å². The number of likely N-dealkylation sites (N-methyl/N-ethyl adjacent to an activating group) is 1. The van der Waals surface area contributed by atoms with Gasteiger partial charge in [0, 0.05) is 12.8 Å². The van der Waals surface area contributed by atoms with Crippen LogP contribution in [-0.2, 0) is 27.9 Å². The van der Waals surface area contributed by atoms with Crippen molar-refractivity contribution in [3.05, 3.63) is 122 Å². The molecule has 446 valence electrons. The molecule has 3 unspecified atom stereocenters. The maximum Gasteiger partial charge on any atom is 0.306 e. The van der Waals surface area contributed by atoms with E-state index in [0.29, 0.717) is 30.3 Å². The Labute approximate surface area is 480 Å². The number of esters is 1. The molecular formula is C68H117N2O7P. The zero-order valence-electron chi connectivity index (χ0n) is 50.8. The van der Waals surface area contributed by atoms with Crippen molar-refractivity contribution in [2.75, 3.05) is 40.9 Å². The molecule has 0 heterocycles. The topological polar surface area (TPSA) is 114 Å². The molecule has 0 radical (unpaired) electrons. The molecule has 10 heteroatoms. The molecule has 0 saturated heterocycles. The van der Waals surface area contributed by atoms with Crippen molar-refractivity contribution in [1.29, 1.82) is 0 Å². The molecule has 0 bridgehead atoms. The smallest absolute Gasteiger partial charge is 0.306 e. The standard InChI is InChI=1S/C68H117N2O7P/c1-7-10-13-16-19-22-25-27-29-31-32-33-34-35-36-37-38-39-41-43-46-49-52-55-58-61-68(72)77-66(59-56-53-50-47-44-24-21-18-15-12-9-3)65(64-76-78(73,74)75-63-62-70(4,5)6)69-67(71)60-57-54-51-48-45-42-40-30-28-26-23-20-17-14-11-8-2/h10-11,13-14,19-20,22-23,27-30,32-33,35-36,38-39,56,59,65-66H,7-9,12,15-18,21,24-26,31,34,37,40-55,57-58,60-64H2,1-6H3,(H-,69,71,73,74)/b13-10-,14-11+,22-19-,23-20+,29-27-,30-28+,33-32-,36-35-,39-38-,59-56-. The maximum absolute atomic E-state index is 13.5. The van der Waals surface area contributed by atoms with Crippen LogP contribution in [0.3, 0.4) is 0 Å². The summed E-state index contributed by atoms with van der Waals surface area (Å²) in [5.74, 6) is -0.582. The van der Waals surface area contributed by atoms with Crippen LogP contribution in [0.25, 0.3) is 0 Å². The highest BCUT2D eigenvalue weighted by Crippen LogP contribution is 2.38. The van der Waals surface area contributed by atoms with Gasteiger partial charge in [0.1, 0.15) is 19.3 Å². The number of nitrogens with one attached hydrogen (secondary N) is 1. The molecule has 0 rings (SSSR count). The molecule has 0 aliphatic carbocycles. The highest BCUT2D eigenvalue weighted by Gasteiger charge is 2.27. The number of ether oxygens (including phenoxy) is 1. The van der Waals surface area contributed by atoms with E-state index >= 15 is 0 Å². The first kappa shape index (κ1) is 74.4. The van der Waals surface area contributed by atoms with E-state index in [-0.39, 0.29) is 24.9 Å². The lowest BCUT2D eigenvalue weighted by atomic mass is 10.1. The minimum atomic E-state index is -4.71. The second-order valence-electron chi connectivity index (χ2n) is 21.8. The summed E-state index contributed by atoms with van der Waals surface area (Å²) in [6.45, 7) is 6.58. The van der Waals surface area contributed by atoms with E-state index in [0.717, 1.165) is 154 Å². The average Bonchev–Trinajstić information content (AvgIpc) is 3.41. The van der Waals surface area contributed by atoms with Gasteiger partial charge in [-0.2, -0.15) is 0 Å². The van der Waals surface area contributed by atoms with Gasteiger partial charge in [-0.1, -0.05) is 239 Å². The highest BCUT2D eigenvalue weighted by atomic mass is 31.2. The summed E-state index contributed by atoms with van der Waals surface area (Å²) in [5, 5.41) is 3.01. The molecule has 3 atom stereocenters. The number of hydrogen-bond donors (Lipinski definition) is 1. The number of phosphoric ester groups is 1. The third-order valence-corrected chi connectivity index (χ3v) is 14.1. The fourth-order valence-corrected chi connectivity index (χ4v) is 9.08. The van der Waals surface area contributed by atoms with Gasteiger partial charge in [0.25, 0.3) is 7.82 Å². The van der Waals surface area contributed by atoms with Crippen LogP contribution in [0.4, 0.5) is 0 Å². The molecule has 0 aliphatic rings. The predicted molar refractivity (Wildman–Crippen MR) is 334 cm³/mol. The molecule has 1 N–H and O–H groups in total. The van der Waals surface area contributed by atoms with Crippen LogP contribution >= 0.6 is 7.82 Å². The van der Waals surface area contributed by atoms with Gasteiger partial charge in [0.05, 0.1) is 33.8 Å². The van der Waals surface area contributed by atoms with Gasteiger partial charge in [0.2, 0.25) is 5.91 Å². The second kappa shape index (κ2) is 56.7. The summed E-state index contributed by atoms with van der Waals surface area (Å²) in [5.41, 5.74) is 0. The van der Waals surface area contributed by atoms with Crippen LogP contribution in [-0.4, -0.2) is 69.4 Å². The summed E-state index contributed by atoms with van der Waals surface area (Å²) >= 11 is 0. The van der Waals surface area contributed by atoms with Gasteiger partial charge in [-0.25, -0.2) is 0 Å². The van der Waals surface area contributed by atoms with Crippen molar-refractivity contribution >= 4 is 19.7 Å². The lowest BCUT2D eigenvalue weighted by Crippen LogP contribution is -2.47. The number of rotatable bonds is 55. The minimum Gasteiger partial charge on any atom is -0.756 e. The van der Waals surface area contributed by atoms with Gasteiger partial charge >= 0.3 is 5.97 Å². The van der Waals surface area contributed by atoms with Crippen molar-refractivity contribution in [2.45, 2.75) is 258 Å². The number of hydrogen-bond acceptors (Lipinski definition) is 7. The number of allylic oxidation sites excluding steroid dienone is 19.